The van der Waals surface area contributed by atoms with Crippen molar-refractivity contribution in [3.05, 3.63) is 12.7 Å². The fraction of sp³-hybridized carbons (Fsp3) is 0.893. The van der Waals surface area contributed by atoms with E-state index in [1.165, 1.54) is 134 Å². The third-order valence-electron chi connectivity index (χ3n) is 6.21. The Morgan fingerprint density at radius 3 is 1.20 bits per heavy atom. The first kappa shape index (κ1) is 29.2. The minimum Gasteiger partial charge on any atom is -0.459 e. The molecule has 0 N–H and O–H groups in total. The second-order valence-electron chi connectivity index (χ2n) is 9.20. The Morgan fingerprint density at radius 2 is 0.900 bits per heavy atom. The molecule has 0 aromatic carbocycles. The summed E-state index contributed by atoms with van der Waals surface area (Å²) in [7, 11) is 0. The summed E-state index contributed by atoms with van der Waals surface area (Å²) in [6, 6.07) is 0. The van der Waals surface area contributed by atoms with Gasteiger partial charge in [0.2, 0.25) is 0 Å². The minimum absolute atomic E-state index is 0.0959. The second kappa shape index (κ2) is 24.5. The van der Waals surface area contributed by atoms with Crippen molar-refractivity contribution >= 4 is 5.97 Å². The van der Waals surface area contributed by atoms with E-state index in [0.717, 1.165) is 12.8 Å². The number of unbranched alkanes of at least 4 members (excludes halogenated alkanes) is 18. The lowest BCUT2D eigenvalue weighted by molar-refractivity contribution is -0.143. The molecule has 30 heavy (non-hydrogen) atoms. The highest BCUT2D eigenvalue weighted by molar-refractivity contribution is 5.81. The SMILES string of the molecule is C=CC(=O)OC(CCCCCCCCCCCC)CCCCCCCCCCCC. The van der Waals surface area contributed by atoms with E-state index in [1.807, 2.05) is 0 Å². The molecule has 0 aliphatic carbocycles. The molecule has 0 aliphatic heterocycles. The largest absolute Gasteiger partial charge is 0.459 e. The van der Waals surface area contributed by atoms with Crippen molar-refractivity contribution in [1.82, 2.24) is 0 Å². The third-order valence-corrected chi connectivity index (χ3v) is 6.21. The minimum atomic E-state index is -0.251. The Hall–Kier alpha value is -0.790. The van der Waals surface area contributed by atoms with Crippen LogP contribution in [0.2, 0.25) is 0 Å². The van der Waals surface area contributed by atoms with Gasteiger partial charge in [-0.25, -0.2) is 4.79 Å². The number of esters is 1. The van der Waals surface area contributed by atoms with E-state index in [1.54, 1.807) is 0 Å². The molecule has 0 aromatic rings. The van der Waals surface area contributed by atoms with Crippen molar-refractivity contribution in [3.8, 4) is 0 Å². The number of carbonyl (C=O) groups is 1. The van der Waals surface area contributed by atoms with Crippen molar-refractivity contribution in [2.45, 2.75) is 161 Å². The summed E-state index contributed by atoms with van der Waals surface area (Å²) < 4.78 is 5.61. The first-order chi connectivity index (χ1) is 14.7. The Bertz CT molecular complexity index is 340. The highest BCUT2D eigenvalue weighted by Gasteiger charge is 2.12. The first-order valence-electron chi connectivity index (χ1n) is 13.6. The summed E-state index contributed by atoms with van der Waals surface area (Å²) in [6.45, 7) is 8.10. The van der Waals surface area contributed by atoms with Gasteiger partial charge in [-0.3, -0.25) is 0 Å². The lowest BCUT2D eigenvalue weighted by Gasteiger charge is -2.17. The number of hydrogen-bond acceptors (Lipinski definition) is 2. The molecule has 0 heterocycles. The summed E-state index contributed by atoms with van der Waals surface area (Å²) in [5, 5.41) is 0. The van der Waals surface area contributed by atoms with Gasteiger partial charge in [0.1, 0.15) is 6.10 Å². The Balaban J connectivity index is 3.69. The highest BCUT2D eigenvalue weighted by atomic mass is 16.5. The predicted octanol–water partition coefficient (Wildman–Crippen LogP) is 9.71. The molecule has 0 spiro atoms. The average Bonchev–Trinajstić information content (AvgIpc) is 2.75. The van der Waals surface area contributed by atoms with Crippen LogP contribution in [0.3, 0.4) is 0 Å². The van der Waals surface area contributed by atoms with Crippen LogP contribution in [0.1, 0.15) is 155 Å². The summed E-state index contributed by atoms with van der Waals surface area (Å²) in [5.74, 6) is -0.251. The van der Waals surface area contributed by atoms with Crippen LogP contribution in [0.25, 0.3) is 0 Å². The maximum absolute atomic E-state index is 11.6. The molecule has 2 heteroatoms. The van der Waals surface area contributed by atoms with Crippen LogP contribution in [0.15, 0.2) is 12.7 Å². The molecule has 0 atom stereocenters. The first-order valence-corrected chi connectivity index (χ1v) is 13.6. The molecular weight excluding hydrogens is 368 g/mol. The van der Waals surface area contributed by atoms with Crippen LogP contribution in [-0.2, 0) is 9.53 Å². The van der Waals surface area contributed by atoms with Crippen molar-refractivity contribution in [2.24, 2.45) is 0 Å². The van der Waals surface area contributed by atoms with Gasteiger partial charge in [-0.15, -0.1) is 0 Å². The number of carbonyl (C=O) groups excluding carboxylic acids is 1. The summed E-state index contributed by atoms with van der Waals surface area (Å²) in [6.07, 6.45) is 30.4. The molecule has 0 fully saturated rings. The van der Waals surface area contributed by atoms with Crippen LogP contribution >= 0.6 is 0 Å². The van der Waals surface area contributed by atoms with E-state index in [4.69, 9.17) is 4.74 Å². The normalized spacial score (nSPS) is 11.2. The zero-order valence-corrected chi connectivity index (χ0v) is 20.7. The summed E-state index contributed by atoms with van der Waals surface area (Å²) in [4.78, 5) is 11.6. The van der Waals surface area contributed by atoms with E-state index < -0.39 is 0 Å². The fourth-order valence-corrected chi connectivity index (χ4v) is 4.19. The van der Waals surface area contributed by atoms with Crippen molar-refractivity contribution < 1.29 is 9.53 Å². The van der Waals surface area contributed by atoms with E-state index in [0.29, 0.717) is 0 Å². The van der Waals surface area contributed by atoms with Crippen LogP contribution in [0, 0.1) is 0 Å². The van der Waals surface area contributed by atoms with Gasteiger partial charge >= 0.3 is 5.97 Å². The molecule has 0 unspecified atom stereocenters. The average molecular weight is 423 g/mol. The van der Waals surface area contributed by atoms with E-state index in [-0.39, 0.29) is 12.1 Å². The van der Waals surface area contributed by atoms with Gasteiger partial charge in [0.25, 0.3) is 0 Å². The third kappa shape index (κ3) is 21.9. The van der Waals surface area contributed by atoms with Gasteiger partial charge in [-0.05, 0) is 25.7 Å². The van der Waals surface area contributed by atoms with E-state index in [2.05, 4.69) is 20.4 Å². The second-order valence-corrected chi connectivity index (χ2v) is 9.20. The Morgan fingerprint density at radius 1 is 0.600 bits per heavy atom. The molecule has 2 nitrogen and oxygen atoms in total. The van der Waals surface area contributed by atoms with Crippen molar-refractivity contribution in [2.75, 3.05) is 0 Å². The molecule has 0 aromatic heterocycles. The number of hydrogen-bond donors (Lipinski definition) is 0. The molecule has 0 amide bonds. The maximum atomic E-state index is 11.6. The van der Waals surface area contributed by atoms with Crippen LogP contribution in [0.5, 0.6) is 0 Å². The Labute approximate surface area is 189 Å². The van der Waals surface area contributed by atoms with E-state index >= 15 is 0 Å². The van der Waals surface area contributed by atoms with Crippen LogP contribution in [-0.4, -0.2) is 12.1 Å². The van der Waals surface area contributed by atoms with Gasteiger partial charge in [0, 0.05) is 6.08 Å². The van der Waals surface area contributed by atoms with Crippen LogP contribution < -0.4 is 0 Å². The fourth-order valence-electron chi connectivity index (χ4n) is 4.19. The molecule has 0 saturated carbocycles. The quantitative estimate of drug-likeness (QED) is 0.0878. The Kier molecular flexibility index (Phi) is 23.8. The monoisotopic (exact) mass is 422 g/mol. The van der Waals surface area contributed by atoms with Crippen LogP contribution in [0.4, 0.5) is 0 Å². The lowest BCUT2D eigenvalue weighted by atomic mass is 10.0. The molecule has 0 aliphatic rings. The van der Waals surface area contributed by atoms with E-state index in [9.17, 15) is 4.79 Å². The highest BCUT2D eigenvalue weighted by Crippen LogP contribution is 2.18. The molecule has 0 rings (SSSR count). The van der Waals surface area contributed by atoms with Gasteiger partial charge < -0.3 is 4.74 Å². The topological polar surface area (TPSA) is 26.3 Å². The van der Waals surface area contributed by atoms with Crippen molar-refractivity contribution in [3.63, 3.8) is 0 Å². The maximum Gasteiger partial charge on any atom is 0.330 e. The van der Waals surface area contributed by atoms with Crippen molar-refractivity contribution in [1.29, 1.82) is 0 Å². The number of rotatable bonds is 24. The van der Waals surface area contributed by atoms with Gasteiger partial charge in [-0.2, -0.15) is 0 Å². The molecule has 178 valence electrons. The van der Waals surface area contributed by atoms with Gasteiger partial charge in [0.15, 0.2) is 0 Å². The zero-order valence-electron chi connectivity index (χ0n) is 20.7. The lowest BCUT2D eigenvalue weighted by Crippen LogP contribution is -2.16. The van der Waals surface area contributed by atoms with Gasteiger partial charge in [0.05, 0.1) is 0 Å². The number of ether oxygens (including phenoxy) is 1. The predicted molar refractivity (Wildman–Crippen MR) is 133 cm³/mol. The smallest absolute Gasteiger partial charge is 0.330 e. The molecular formula is C28H54O2. The van der Waals surface area contributed by atoms with Gasteiger partial charge in [-0.1, -0.05) is 136 Å². The summed E-state index contributed by atoms with van der Waals surface area (Å²) >= 11 is 0. The standard InChI is InChI=1S/C28H54O2/c1-4-7-9-11-13-15-17-19-21-23-25-27(30-28(29)6-3)26-24-22-20-18-16-14-12-10-8-5-2/h6,27H,3-5,7-26H2,1-2H3. The molecule has 0 bridgehead atoms. The zero-order chi connectivity index (χ0) is 22.1. The molecule has 0 saturated heterocycles. The summed E-state index contributed by atoms with van der Waals surface area (Å²) in [5.41, 5.74) is 0. The molecule has 0 radical (unpaired) electrons.